The van der Waals surface area contributed by atoms with Crippen LogP contribution in [0.25, 0.3) is 10.2 Å². The van der Waals surface area contributed by atoms with Crippen LogP contribution in [0.5, 0.6) is 0 Å². The fourth-order valence-electron chi connectivity index (χ4n) is 3.97. The lowest BCUT2D eigenvalue weighted by Gasteiger charge is -2.35. The Balaban J connectivity index is 1.45. The number of benzene rings is 1. The second-order valence-electron chi connectivity index (χ2n) is 7.66. The smallest absolute Gasteiger partial charge is 0.270 e. The molecule has 0 N–H and O–H groups in total. The number of piperazine rings is 1. The van der Waals surface area contributed by atoms with Crippen molar-refractivity contribution >= 4 is 27.5 Å². The topological polar surface area (TPSA) is 28.5 Å². The zero-order chi connectivity index (χ0) is 19.0. The van der Waals surface area contributed by atoms with Gasteiger partial charge in [0.05, 0.1) is 10.2 Å². The molecule has 4 rings (SSSR count). The summed E-state index contributed by atoms with van der Waals surface area (Å²) in [5.74, 6) is 0.169. The minimum Gasteiger partial charge on any atom is -0.335 e. The number of aryl methyl sites for hydroxylation is 1. The van der Waals surface area contributed by atoms with Crippen molar-refractivity contribution in [2.45, 2.75) is 33.4 Å². The van der Waals surface area contributed by atoms with Gasteiger partial charge in [-0.05, 0) is 49.4 Å². The van der Waals surface area contributed by atoms with Crippen LogP contribution in [0.1, 0.15) is 41.5 Å². The van der Waals surface area contributed by atoms with Gasteiger partial charge >= 0.3 is 0 Å². The third-order valence-electron chi connectivity index (χ3n) is 5.51. The molecule has 0 unspecified atom stereocenters. The molecule has 1 saturated heterocycles. The summed E-state index contributed by atoms with van der Waals surface area (Å²) in [5.41, 5.74) is 4.73. The largest absolute Gasteiger partial charge is 0.335 e. The Bertz CT molecular complexity index is 948. The maximum atomic E-state index is 13.2. The summed E-state index contributed by atoms with van der Waals surface area (Å²) in [5, 5.41) is 2.10. The number of nitrogens with zero attached hydrogens (tertiary/aromatic N) is 3. The van der Waals surface area contributed by atoms with Gasteiger partial charge in [-0.3, -0.25) is 9.69 Å². The van der Waals surface area contributed by atoms with E-state index < -0.39 is 0 Å². The van der Waals surface area contributed by atoms with Gasteiger partial charge in [-0.15, -0.1) is 11.3 Å². The zero-order valence-corrected chi connectivity index (χ0v) is 17.1. The third-order valence-corrected chi connectivity index (χ3v) is 6.36. The van der Waals surface area contributed by atoms with Crippen LogP contribution in [0.3, 0.4) is 0 Å². The first kappa shape index (κ1) is 18.3. The quantitative estimate of drug-likeness (QED) is 0.663. The van der Waals surface area contributed by atoms with Crippen molar-refractivity contribution in [2.24, 2.45) is 0 Å². The highest BCUT2D eigenvalue weighted by Crippen LogP contribution is 2.29. The molecule has 142 valence electrons. The number of hydrogen-bond donors (Lipinski definition) is 0. The summed E-state index contributed by atoms with van der Waals surface area (Å²) < 4.78 is 3.39. The van der Waals surface area contributed by atoms with E-state index in [4.69, 9.17) is 0 Å². The van der Waals surface area contributed by atoms with Crippen LogP contribution >= 0.6 is 11.3 Å². The molecule has 2 aromatic heterocycles. The van der Waals surface area contributed by atoms with Crippen LogP contribution in [-0.4, -0.2) is 46.5 Å². The molecule has 0 saturated carbocycles. The zero-order valence-electron chi connectivity index (χ0n) is 16.3. The molecule has 0 bridgehead atoms. The average Bonchev–Trinajstić information content (AvgIpc) is 3.24. The summed E-state index contributed by atoms with van der Waals surface area (Å²) in [6.45, 7) is 10.9. The van der Waals surface area contributed by atoms with Crippen molar-refractivity contribution in [2.75, 3.05) is 26.2 Å². The number of carbonyl (C=O) groups excluding carboxylic acids is 1. The first-order valence-corrected chi connectivity index (χ1v) is 10.6. The van der Waals surface area contributed by atoms with E-state index in [1.165, 1.54) is 21.3 Å². The average molecular weight is 382 g/mol. The normalized spacial score (nSPS) is 15.8. The van der Waals surface area contributed by atoms with Crippen molar-refractivity contribution in [1.82, 2.24) is 14.4 Å². The van der Waals surface area contributed by atoms with E-state index >= 15 is 0 Å². The van der Waals surface area contributed by atoms with Crippen molar-refractivity contribution < 1.29 is 4.79 Å². The third kappa shape index (κ3) is 3.54. The summed E-state index contributed by atoms with van der Waals surface area (Å²) in [6, 6.07) is 13.0. The highest BCUT2D eigenvalue weighted by Gasteiger charge is 2.26. The van der Waals surface area contributed by atoms with E-state index in [0.717, 1.165) is 38.4 Å². The molecule has 4 nitrogen and oxygen atoms in total. The minimum atomic E-state index is 0.169. The molecule has 1 aromatic carbocycles. The Morgan fingerprint density at radius 3 is 2.56 bits per heavy atom. The molecule has 0 atom stereocenters. The summed E-state index contributed by atoms with van der Waals surface area (Å²) in [6.07, 6.45) is 0. The molecule has 27 heavy (non-hydrogen) atoms. The number of hydrogen-bond acceptors (Lipinski definition) is 3. The maximum absolute atomic E-state index is 13.2. The molecular weight excluding hydrogens is 354 g/mol. The van der Waals surface area contributed by atoms with E-state index in [0.29, 0.717) is 0 Å². The van der Waals surface area contributed by atoms with Crippen LogP contribution < -0.4 is 0 Å². The van der Waals surface area contributed by atoms with E-state index in [9.17, 15) is 4.79 Å². The lowest BCUT2D eigenvalue weighted by molar-refractivity contribution is 0.0617. The number of carbonyl (C=O) groups is 1. The number of fused-ring (bicyclic) bond motifs is 1. The Labute approximate surface area is 165 Å². The minimum absolute atomic E-state index is 0.169. The van der Waals surface area contributed by atoms with Gasteiger partial charge in [0.1, 0.15) is 5.69 Å². The van der Waals surface area contributed by atoms with Gasteiger partial charge in [0.25, 0.3) is 5.91 Å². The SMILES string of the molecule is Cc1ccccc1CN1CCN(C(=O)c2cc3sccc3n2C(C)C)CC1. The Hall–Kier alpha value is -2.11. The van der Waals surface area contributed by atoms with Gasteiger partial charge in [0, 0.05) is 38.8 Å². The first-order chi connectivity index (χ1) is 13.0. The van der Waals surface area contributed by atoms with E-state index in [1.54, 1.807) is 11.3 Å². The molecule has 5 heteroatoms. The second kappa shape index (κ2) is 7.49. The molecular formula is C22H27N3OS. The van der Waals surface area contributed by atoms with Gasteiger partial charge in [0.15, 0.2) is 0 Å². The molecule has 1 amide bonds. The molecule has 1 fully saturated rings. The highest BCUT2D eigenvalue weighted by molar-refractivity contribution is 7.17. The van der Waals surface area contributed by atoms with Crippen molar-refractivity contribution in [3.05, 3.63) is 58.6 Å². The van der Waals surface area contributed by atoms with E-state index in [2.05, 4.69) is 72.0 Å². The van der Waals surface area contributed by atoms with Gasteiger partial charge in [0.2, 0.25) is 0 Å². The van der Waals surface area contributed by atoms with E-state index in [-0.39, 0.29) is 11.9 Å². The van der Waals surface area contributed by atoms with Gasteiger partial charge in [-0.1, -0.05) is 24.3 Å². The summed E-state index contributed by atoms with van der Waals surface area (Å²) in [7, 11) is 0. The maximum Gasteiger partial charge on any atom is 0.270 e. The second-order valence-corrected chi connectivity index (χ2v) is 8.61. The highest BCUT2D eigenvalue weighted by atomic mass is 32.1. The molecule has 0 aliphatic carbocycles. The van der Waals surface area contributed by atoms with Crippen LogP contribution in [-0.2, 0) is 6.54 Å². The van der Waals surface area contributed by atoms with Gasteiger partial charge < -0.3 is 9.47 Å². The molecule has 3 heterocycles. The van der Waals surface area contributed by atoms with Crippen molar-refractivity contribution in [1.29, 1.82) is 0 Å². The lowest BCUT2D eigenvalue weighted by atomic mass is 10.1. The van der Waals surface area contributed by atoms with Crippen molar-refractivity contribution in [3.8, 4) is 0 Å². The van der Waals surface area contributed by atoms with Crippen LogP contribution in [0.15, 0.2) is 41.8 Å². The molecule has 0 spiro atoms. The monoisotopic (exact) mass is 381 g/mol. The van der Waals surface area contributed by atoms with Gasteiger partial charge in [-0.2, -0.15) is 0 Å². The van der Waals surface area contributed by atoms with Gasteiger partial charge in [-0.25, -0.2) is 0 Å². The predicted octanol–water partition coefficient (Wildman–Crippen LogP) is 4.55. The number of aromatic nitrogens is 1. The Morgan fingerprint density at radius 2 is 1.85 bits per heavy atom. The van der Waals surface area contributed by atoms with Crippen LogP contribution in [0, 0.1) is 6.92 Å². The molecule has 1 aliphatic rings. The predicted molar refractivity (Wildman–Crippen MR) is 113 cm³/mol. The summed E-state index contributed by atoms with van der Waals surface area (Å²) >= 11 is 1.71. The first-order valence-electron chi connectivity index (χ1n) is 9.69. The number of amides is 1. The standard InChI is InChI=1S/C22H27N3OS/c1-16(2)25-19-8-13-27-21(19)14-20(25)22(26)24-11-9-23(10-12-24)15-18-7-5-4-6-17(18)3/h4-8,13-14,16H,9-12,15H2,1-3H3. The van der Waals surface area contributed by atoms with Crippen LogP contribution in [0.4, 0.5) is 0 Å². The molecule has 1 aliphatic heterocycles. The Morgan fingerprint density at radius 1 is 1.11 bits per heavy atom. The van der Waals surface area contributed by atoms with Crippen LogP contribution in [0.2, 0.25) is 0 Å². The van der Waals surface area contributed by atoms with E-state index in [1.807, 2.05) is 4.90 Å². The molecule has 3 aromatic rings. The molecule has 0 radical (unpaired) electrons. The van der Waals surface area contributed by atoms with Crippen molar-refractivity contribution in [3.63, 3.8) is 0 Å². The lowest BCUT2D eigenvalue weighted by Crippen LogP contribution is -2.48. The summed E-state index contributed by atoms with van der Waals surface area (Å²) in [4.78, 5) is 17.7. The number of rotatable bonds is 4. The fourth-order valence-corrected chi connectivity index (χ4v) is 4.78. The number of thiophene rings is 1. The Kier molecular flexibility index (Phi) is 5.06. The fraction of sp³-hybridized carbons (Fsp3) is 0.409.